The Hall–Kier alpha value is -2.27. The van der Waals surface area contributed by atoms with Crippen molar-refractivity contribution >= 4 is 0 Å². The van der Waals surface area contributed by atoms with Crippen LogP contribution in [0.5, 0.6) is 11.5 Å². The summed E-state index contributed by atoms with van der Waals surface area (Å²) in [6, 6.07) is 7.97. The smallest absolute Gasteiger partial charge is 0.250 e. The van der Waals surface area contributed by atoms with Crippen LogP contribution in [0, 0.1) is 0 Å². The van der Waals surface area contributed by atoms with Gasteiger partial charge < -0.3 is 14.0 Å². The fourth-order valence-corrected chi connectivity index (χ4v) is 3.24. The number of ether oxygens (including phenoxy) is 2. The van der Waals surface area contributed by atoms with E-state index in [1.807, 2.05) is 26.1 Å². The molecule has 0 fully saturated rings. The van der Waals surface area contributed by atoms with Gasteiger partial charge in [0.1, 0.15) is 0 Å². The van der Waals surface area contributed by atoms with Crippen LogP contribution in [0.2, 0.25) is 0 Å². The molecule has 3 rings (SSSR count). The van der Waals surface area contributed by atoms with Gasteiger partial charge >= 0.3 is 0 Å². The quantitative estimate of drug-likeness (QED) is 0.810. The van der Waals surface area contributed by atoms with Crippen LogP contribution in [0.1, 0.15) is 30.5 Å². The van der Waals surface area contributed by atoms with Gasteiger partial charge in [-0.15, -0.1) is 0 Å². The van der Waals surface area contributed by atoms with Gasteiger partial charge in [0.05, 0.1) is 13.2 Å². The van der Waals surface area contributed by atoms with E-state index in [9.17, 15) is 4.79 Å². The van der Waals surface area contributed by atoms with Gasteiger partial charge in [0.2, 0.25) is 0 Å². The zero-order valence-electron chi connectivity index (χ0n) is 15.2. The lowest BCUT2D eigenvalue weighted by atomic mass is 9.98. The molecule has 134 valence electrons. The van der Waals surface area contributed by atoms with Crippen molar-refractivity contribution in [3.8, 4) is 11.5 Å². The number of hydrogen-bond acceptors (Lipinski definition) is 4. The second-order valence-electron chi connectivity index (χ2n) is 6.38. The van der Waals surface area contributed by atoms with E-state index >= 15 is 0 Å². The summed E-state index contributed by atoms with van der Waals surface area (Å²) < 4.78 is 13.1. The molecule has 0 bridgehead atoms. The van der Waals surface area contributed by atoms with E-state index in [1.54, 1.807) is 17.7 Å². The molecular formula is C20H26N2O3. The van der Waals surface area contributed by atoms with Crippen LogP contribution in [0.15, 0.2) is 35.3 Å². The summed E-state index contributed by atoms with van der Waals surface area (Å²) in [6.07, 6.45) is 2.81. The van der Waals surface area contributed by atoms with E-state index in [-0.39, 0.29) is 5.56 Å². The van der Waals surface area contributed by atoms with E-state index < -0.39 is 0 Å². The number of fused-ring (bicyclic) bond motifs is 1. The normalized spacial score (nSPS) is 14.2. The first-order valence-electron chi connectivity index (χ1n) is 8.90. The number of nitrogens with zero attached hydrogens (tertiary/aromatic N) is 2. The summed E-state index contributed by atoms with van der Waals surface area (Å²) in [6.45, 7) is 7.84. The van der Waals surface area contributed by atoms with Crippen molar-refractivity contribution in [2.24, 2.45) is 7.05 Å². The van der Waals surface area contributed by atoms with Gasteiger partial charge in [-0.25, -0.2) is 0 Å². The van der Waals surface area contributed by atoms with Crippen molar-refractivity contribution in [1.29, 1.82) is 0 Å². The van der Waals surface area contributed by atoms with Crippen LogP contribution in [-0.4, -0.2) is 29.2 Å². The highest BCUT2D eigenvalue weighted by Gasteiger charge is 2.20. The Labute approximate surface area is 148 Å². The number of benzene rings is 1. The molecule has 2 aromatic rings. The summed E-state index contributed by atoms with van der Waals surface area (Å²) >= 11 is 0. The van der Waals surface area contributed by atoms with E-state index in [2.05, 4.69) is 17.0 Å². The molecule has 5 heteroatoms. The number of pyridine rings is 1. The molecule has 5 nitrogen and oxygen atoms in total. The molecule has 0 spiro atoms. The molecule has 25 heavy (non-hydrogen) atoms. The van der Waals surface area contributed by atoms with Crippen molar-refractivity contribution in [2.75, 3.05) is 19.8 Å². The lowest BCUT2D eigenvalue weighted by Gasteiger charge is -2.29. The van der Waals surface area contributed by atoms with Crippen molar-refractivity contribution < 1.29 is 9.47 Å². The Balaban J connectivity index is 1.78. The average molecular weight is 342 g/mol. The minimum atomic E-state index is 0.0369. The second kappa shape index (κ2) is 7.74. The zero-order valence-corrected chi connectivity index (χ0v) is 15.2. The summed E-state index contributed by atoms with van der Waals surface area (Å²) in [5, 5.41) is 0. The highest BCUT2D eigenvalue weighted by atomic mass is 16.5. The SMILES string of the molecule is CCOc1cc2c(cc1OCC)CN(Cc1ccn(C)c(=O)c1)CC2. The van der Waals surface area contributed by atoms with E-state index in [1.165, 1.54) is 11.1 Å². The van der Waals surface area contributed by atoms with Gasteiger partial charge in [0.25, 0.3) is 5.56 Å². The third-order valence-electron chi connectivity index (χ3n) is 4.53. The largest absolute Gasteiger partial charge is 0.490 e. The van der Waals surface area contributed by atoms with Crippen LogP contribution in [-0.2, 0) is 26.6 Å². The molecule has 0 saturated carbocycles. The Kier molecular flexibility index (Phi) is 5.43. The van der Waals surface area contributed by atoms with Gasteiger partial charge in [0, 0.05) is 38.9 Å². The van der Waals surface area contributed by atoms with Gasteiger partial charge in [-0.1, -0.05) is 0 Å². The third-order valence-corrected chi connectivity index (χ3v) is 4.53. The molecule has 1 aromatic heterocycles. The molecule has 1 aromatic carbocycles. The molecule has 0 radical (unpaired) electrons. The fraction of sp³-hybridized carbons (Fsp3) is 0.450. The Morgan fingerprint density at radius 3 is 2.36 bits per heavy atom. The standard InChI is InChI=1S/C20H26N2O3/c1-4-24-18-11-16-7-9-22(14-17(16)12-19(18)25-5-2)13-15-6-8-21(3)20(23)10-15/h6,8,10-12H,4-5,7,9,13-14H2,1-3H3. The van der Waals surface area contributed by atoms with Crippen molar-refractivity contribution in [2.45, 2.75) is 33.4 Å². The third kappa shape index (κ3) is 4.04. The Bertz CT molecular complexity index is 798. The molecule has 0 N–H and O–H groups in total. The minimum Gasteiger partial charge on any atom is -0.490 e. The number of aryl methyl sites for hydroxylation is 1. The fourth-order valence-electron chi connectivity index (χ4n) is 3.24. The molecule has 0 unspecified atom stereocenters. The first kappa shape index (κ1) is 17.5. The topological polar surface area (TPSA) is 43.7 Å². The van der Waals surface area contributed by atoms with Gasteiger partial charge in [-0.3, -0.25) is 9.69 Å². The molecule has 0 aliphatic carbocycles. The maximum atomic E-state index is 11.8. The Morgan fingerprint density at radius 2 is 1.72 bits per heavy atom. The first-order valence-corrected chi connectivity index (χ1v) is 8.90. The first-order chi connectivity index (χ1) is 12.1. The number of aromatic nitrogens is 1. The predicted octanol–water partition coefficient (Wildman–Crippen LogP) is 2.74. The molecule has 0 amide bonds. The molecule has 0 saturated heterocycles. The molecule has 1 aliphatic rings. The number of hydrogen-bond donors (Lipinski definition) is 0. The predicted molar refractivity (Wildman–Crippen MR) is 98.3 cm³/mol. The van der Waals surface area contributed by atoms with Gasteiger partial charge in [0.15, 0.2) is 11.5 Å². The van der Waals surface area contributed by atoms with Gasteiger partial charge in [-0.05, 0) is 55.2 Å². The maximum absolute atomic E-state index is 11.8. The second-order valence-corrected chi connectivity index (χ2v) is 6.38. The van der Waals surface area contributed by atoms with E-state index in [0.29, 0.717) is 13.2 Å². The van der Waals surface area contributed by atoms with Crippen LogP contribution in [0.25, 0.3) is 0 Å². The van der Waals surface area contributed by atoms with Crippen LogP contribution in [0.4, 0.5) is 0 Å². The van der Waals surface area contributed by atoms with Crippen LogP contribution in [0.3, 0.4) is 0 Å². The Morgan fingerprint density at radius 1 is 1.04 bits per heavy atom. The molecule has 0 atom stereocenters. The monoisotopic (exact) mass is 342 g/mol. The maximum Gasteiger partial charge on any atom is 0.250 e. The summed E-state index contributed by atoms with van der Waals surface area (Å²) in [7, 11) is 1.77. The average Bonchev–Trinajstić information content (AvgIpc) is 2.59. The van der Waals surface area contributed by atoms with E-state index in [0.717, 1.165) is 43.1 Å². The lowest BCUT2D eigenvalue weighted by molar-refractivity contribution is 0.242. The van der Waals surface area contributed by atoms with Crippen LogP contribution < -0.4 is 15.0 Å². The van der Waals surface area contributed by atoms with Crippen molar-refractivity contribution in [3.63, 3.8) is 0 Å². The highest BCUT2D eigenvalue weighted by molar-refractivity contribution is 5.48. The van der Waals surface area contributed by atoms with Crippen molar-refractivity contribution in [3.05, 3.63) is 57.5 Å². The minimum absolute atomic E-state index is 0.0369. The van der Waals surface area contributed by atoms with E-state index in [4.69, 9.17) is 9.47 Å². The summed E-state index contributed by atoms with van der Waals surface area (Å²) in [4.78, 5) is 14.2. The van der Waals surface area contributed by atoms with Crippen molar-refractivity contribution in [1.82, 2.24) is 9.47 Å². The summed E-state index contributed by atoms with van der Waals surface area (Å²) in [5.41, 5.74) is 3.70. The number of rotatable bonds is 6. The summed E-state index contributed by atoms with van der Waals surface area (Å²) in [5.74, 6) is 1.65. The lowest BCUT2D eigenvalue weighted by Crippen LogP contribution is -2.30. The van der Waals surface area contributed by atoms with Gasteiger partial charge in [-0.2, -0.15) is 0 Å². The van der Waals surface area contributed by atoms with Crippen LogP contribution >= 0.6 is 0 Å². The molecule has 1 aliphatic heterocycles. The zero-order chi connectivity index (χ0) is 17.8. The molecule has 2 heterocycles. The highest BCUT2D eigenvalue weighted by Crippen LogP contribution is 2.34. The molecular weight excluding hydrogens is 316 g/mol.